The molecule has 0 radical (unpaired) electrons. The summed E-state index contributed by atoms with van der Waals surface area (Å²) in [5.74, 6) is -0.899. The number of rotatable bonds is 7. The average Bonchev–Trinajstić information content (AvgIpc) is 2.99. The van der Waals surface area contributed by atoms with E-state index < -0.39 is 15.9 Å². The van der Waals surface area contributed by atoms with Gasteiger partial charge in [0.05, 0.1) is 9.80 Å². The Hall–Kier alpha value is -2.24. The van der Waals surface area contributed by atoms with Crippen LogP contribution in [-0.2, 0) is 19.6 Å². The third-order valence-corrected chi connectivity index (χ3v) is 7.15. The van der Waals surface area contributed by atoms with Gasteiger partial charge in [-0.25, -0.2) is 8.42 Å². The van der Waals surface area contributed by atoms with Crippen molar-refractivity contribution in [2.24, 2.45) is 0 Å². The first-order valence-electron chi connectivity index (χ1n) is 9.04. The topological polar surface area (TPSA) is 95.6 Å². The Kier molecular flexibility index (Phi) is 7.50. The maximum atomic E-state index is 12.6. The fourth-order valence-corrected chi connectivity index (χ4v) is 4.87. The molecule has 0 bridgehead atoms. The van der Waals surface area contributed by atoms with Crippen LogP contribution in [0.2, 0.25) is 5.02 Å². The minimum absolute atomic E-state index is 0.0285. The number of sulfonamides is 1. The molecule has 0 saturated carbocycles. The molecule has 3 rings (SSSR count). The molecule has 2 aromatic rings. The number of hydrogen-bond donors (Lipinski definition) is 2. The third kappa shape index (κ3) is 6.14. The van der Waals surface area contributed by atoms with Crippen molar-refractivity contribution < 1.29 is 18.0 Å². The first kappa shape index (κ1) is 23.4. The van der Waals surface area contributed by atoms with Gasteiger partial charge in [0.15, 0.2) is 0 Å². The van der Waals surface area contributed by atoms with Crippen molar-refractivity contribution in [2.75, 3.05) is 6.54 Å². The number of thiocarbonyl (C=S) groups is 1. The number of nitrogens with one attached hydrogen (secondary N) is 2. The van der Waals surface area contributed by atoms with Crippen molar-refractivity contribution in [2.45, 2.75) is 18.2 Å². The van der Waals surface area contributed by atoms with Gasteiger partial charge >= 0.3 is 0 Å². The summed E-state index contributed by atoms with van der Waals surface area (Å²) >= 11 is 12.3. The molecule has 1 saturated heterocycles. The molecule has 1 heterocycles. The van der Waals surface area contributed by atoms with Crippen molar-refractivity contribution >= 4 is 67.8 Å². The average molecular weight is 496 g/mol. The molecule has 0 aliphatic carbocycles. The molecule has 2 aromatic carbocycles. The lowest BCUT2D eigenvalue weighted by Crippen LogP contribution is -2.43. The Bertz CT molecular complexity index is 1150. The monoisotopic (exact) mass is 495 g/mol. The molecule has 11 heteroatoms. The zero-order valence-electron chi connectivity index (χ0n) is 16.3. The molecule has 162 valence electrons. The summed E-state index contributed by atoms with van der Waals surface area (Å²) in [6.45, 7) is 1.87. The Morgan fingerprint density at radius 1 is 1.16 bits per heavy atom. The van der Waals surface area contributed by atoms with Gasteiger partial charge < -0.3 is 0 Å². The van der Waals surface area contributed by atoms with Crippen LogP contribution >= 0.6 is 35.6 Å². The van der Waals surface area contributed by atoms with Crippen molar-refractivity contribution in [3.63, 3.8) is 0 Å². The normalized spacial score (nSPS) is 15.5. The predicted molar refractivity (Wildman–Crippen MR) is 126 cm³/mol. The summed E-state index contributed by atoms with van der Waals surface area (Å²) in [4.78, 5) is 28.5. The number of carbonyl (C=O) groups is 2. The number of amides is 2. The zero-order chi connectivity index (χ0) is 22.6. The molecule has 31 heavy (non-hydrogen) atoms. The van der Waals surface area contributed by atoms with E-state index >= 15 is 0 Å². The van der Waals surface area contributed by atoms with Crippen LogP contribution in [0.3, 0.4) is 0 Å². The van der Waals surface area contributed by atoms with E-state index in [1.165, 1.54) is 17.0 Å². The van der Waals surface area contributed by atoms with Crippen LogP contribution in [0.4, 0.5) is 0 Å². The minimum Gasteiger partial charge on any atom is -0.292 e. The smallest absolute Gasteiger partial charge is 0.266 e. The highest BCUT2D eigenvalue weighted by Gasteiger charge is 2.32. The highest BCUT2D eigenvalue weighted by molar-refractivity contribution is 8.26. The second-order valence-corrected chi connectivity index (χ2v) is 10.4. The van der Waals surface area contributed by atoms with Crippen LogP contribution in [0.1, 0.15) is 17.5 Å². The summed E-state index contributed by atoms with van der Waals surface area (Å²) in [6, 6.07) is 13.2. The van der Waals surface area contributed by atoms with Gasteiger partial charge in [-0.3, -0.25) is 19.9 Å². The molecule has 0 unspecified atom stereocenters. The fourth-order valence-electron chi connectivity index (χ4n) is 2.58. The quantitative estimate of drug-likeness (QED) is 0.348. The first-order valence-corrected chi connectivity index (χ1v) is 12.1. The summed E-state index contributed by atoms with van der Waals surface area (Å²) in [6.07, 6.45) is 1.57. The van der Waals surface area contributed by atoms with Crippen molar-refractivity contribution in [3.8, 4) is 0 Å². The van der Waals surface area contributed by atoms with Crippen LogP contribution in [0, 0.1) is 6.92 Å². The summed E-state index contributed by atoms with van der Waals surface area (Å²) in [5, 5.41) is 0.591. The number of thioether (sulfide) groups is 1. The standard InChI is InChI=1S/C20H18ClN3O4S3/c1-13-2-8-16(9-3-13)31(27,28)23-22-18(25)10-11-24-19(26)17(30-20(24)29)12-14-4-6-15(21)7-5-14/h2-9,12,23H,10-11H2,1H3,(H,22,25). The highest BCUT2D eigenvalue weighted by Crippen LogP contribution is 2.32. The fraction of sp³-hybridized carbons (Fsp3) is 0.150. The van der Waals surface area contributed by atoms with Gasteiger partial charge in [-0.05, 0) is 42.8 Å². The molecular weight excluding hydrogens is 478 g/mol. The van der Waals surface area contributed by atoms with Crippen molar-refractivity contribution in [3.05, 3.63) is 69.6 Å². The van der Waals surface area contributed by atoms with Gasteiger partial charge in [0, 0.05) is 18.0 Å². The largest absolute Gasteiger partial charge is 0.292 e. The van der Waals surface area contributed by atoms with E-state index in [1.807, 2.05) is 11.8 Å². The van der Waals surface area contributed by atoms with E-state index in [1.54, 1.807) is 42.5 Å². The minimum atomic E-state index is -3.89. The lowest BCUT2D eigenvalue weighted by molar-refractivity contribution is -0.124. The van der Waals surface area contributed by atoms with E-state index in [4.69, 9.17) is 23.8 Å². The highest BCUT2D eigenvalue weighted by atomic mass is 35.5. The van der Waals surface area contributed by atoms with Gasteiger partial charge in [0.2, 0.25) is 5.91 Å². The van der Waals surface area contributed by atoms with Crippen LogP contribution in [-0.4, -0.2) is 36.0 Å². The van der Waals surface area contributed by atoms with Gasteiger partial charge in [0.1, 0.15) is 4.32 Å². The number of hydrazine groups is 1. The Balaban J connectivity index is 1.55. The molecule has 1 aliphatic rings. The summed E-state index contributed by atoms with van der Waals surface area (Å²) < 4.78 is 24.8. The Morgan fingerprint density at radius 3 is 2.45 bits per heavy atom. The molecule has 7 nitrogen and oxygen atoms in total. The van der Waals surface area contributed by atoms with E-state index in [9.17, 15) is 18.0 Å². The van der Waals surface area contributed by atoms with E-state index in [2.05, 4.69) is 5.43 Å². The van der Waals surface area contributed by atoms with Crippen LogP contribution < -0.4 is 10.3 Å². The van der Waals surface area contributed by atoms with Gasteiger partial charge in [-0.2, -0.15) is 0 Å². The summed E-state index contributed by atoms with van der Waals surface area (Å²) in [5.41, 5.74) is 3.87. The molecule has 2 N–H and O–H groups in total. The zero-order valence-corrected chi connectivity index (χ0v) is 19.5. The van der Waals surface area contributed by atoms with Crippen LogP contribution in [0.5, 0.6) is 0 Å². The Labute approximate surface area is 194 Å². The van der Waals surface area contributed by atoms with Gasteiger partial charge in [-0.15, -0.1) is 4.83 Å². The van der Waals surface area contributed by atoms with Crippen molar-refractivity contribution in [1.82, 2.24) is 15.2 Å². The molecule has 0 aromatic heterocycles. The molecule has 0 atom stereocenters. The SMILES string of the molecule is Cc1ccc(S(=O)(=O)NNC(=O)CCN2C(=O)C(=Cc3ccc(Cl)cc3)SC2=S)cc1. The van der Waals surface area contributed by atoms with Crippen LogP contribution in [0.15, 0.2) is 58.3 Å². The maximum Gasteiger partial charge on any atom is 0.266 e. The van der Waals surface area contributed by atoms with E-state index in [-0.39, 0.29) is 23.8 Å². The number of benzene rings is 2. The summed E-state index contributed by atoms with van der Waals surface area (Å²) in [7, 11) is -3.89. The lowest BCUT2D eigenvalue weighted by atomic mass is 10.2. The third-order valence-electron chi connectivity index (χ3n) is 4.26. The predicted octanol–water partition coefficient (Wildman–Crippen LogP) is 3.25. The number of nitrogens with zero attached hydrogens (tertiary/aromatic N) is 1. The lowest BCUT2D eigenvalue weighted by Gasteiger charge is -2.14. The van der Waals surface area contributed by atoms with Crippen molar-refractivity contribution in [1.29, 1.82) is 0 Å². The molecule has 2 amide bonds. The molecule has 1 aliphatic heterocycles. The molecule has 0 spiro atoms. The number of hydrogen-bond acceptors (Lipinski definition) is 6. The van der Waals surface area contributed by atoms with Gasteiger partial charge in [-0.1, -0.05) is 65.4 Å². The second-order valence-electron chi connectivity index (χ2n) is 6.60. The molecule has 1 fully saturated rings. The molecular formula is C20H18ClN3O4S3. The van der Waals surface area contributed by atoms with E-state index in [0.717, 1.165) is 22.9 Å². The first-order chi connectivity index (χ1) is 14.7. The number of carbonyl (C=O) groups excluding carboxylic acids is 2. The Morgan fingerprint density at radius 2 is 1.81 bits per heavy atom. The second kappa shape index (κ2) is 9.92. The van der Waals surface area contributed by atoms with Gasteiger partial charge in [0.25, 0.3) is 15.9 Å². The maximum absolute atomic E-state index is 12.6. The van der Waals surface area contributed by atoms with Crippen LogP contribution in [0.25, 0.3) is 6.08 Å². The number of aryl methyl sites for hydroxylation is 1. The number of halogens is 1. The van der Waals surface area contributed by atoms with E-state index in [0.29, 0.717) is 14.2 Å².